The lowest BCUT2D eigenvalue weighted by molar-refractivity contribution is 0.102. The fraction of sp³-hybridized carbons (Fsp3) is 0.0625. The minimum Gasteiger partial charge on any atom is -0.508 e. The van der Waals surface area contributed by atoms with Gasteiger partial charge < -0.3 is 16.2 Å². The number of hydrogen-bond donors (Lipinski definition) is 3. The summed E-state index contributed by atoms with van der Waals surface area (Å²) in [5.74, 6) is 5.23. The van der Waals surface area contributed by atoms with Crippen molar-refractivity contribution in [3.8, 4) is 17.6 Å². The van der Waals surface area contributed by atoms with Gasteiger partial charge in [-0.3, -0.25) is 4.79 Å². The number of anilines is 1. The zero-order valence-electron chi connectivity index (χ0n) is 11.1. The van der Waals surface area contributed by atoms with Gasteiger partial charge in [0.05, 0.1) is 17.1 Å². The number of carbonyl (C=O) groups excluding carboxylic acids is 1. The van der Waals surface area contributed by atoms with Crippen LogP contribution in [0.1, 0.15) is 15.9 Å². The normalized spacial score (nSPS) is 9.62. The number of rotatable bonds is 2. The molecule has 5 heteroatoms. The highest BCUT2D eigenvalue weighted by molar-refractivity contribution is 6.34. The van der Waals surface area contributed by atoms with Crippen LogP contribution in [-0.4, -0.2) is 17.6 Å². The van der Waals surface area contributed by atoms with E-state index in [2.05, 4.69) is 17.2 Å². The molecule has 2 aromatic rings. The van der Waals surface area contributed by atoms with Crippen molar-refractivity contribution in [1.82, 2.24) is 0 Å². The van der Waals surface area contributed by atoms with E-state index < -0.39 is 5.91 Å². The van der Waals surface area contributed by atoms with E-state index in [4.69, 9.17) is 17.3 Å². The minimum atomic E-state index is -0.392. The lowest BCUT2D eigenvalue weighted by Crippen LogP contribution is -2.12. The Kier molecular flexibility index (Phi) is 4.83. The maximum Gasteiger partial charge on any atom is 0.257 e. The fourth-order valence-corrected chi connectivity index (χ4v) is 1.88. The maximum absolute atomic E-state index is 12.1. The first-order valence-corrected chi connectivity index (χ1v) is 6.57. The number of aromatic hydroxyl groups is 1. The van der Waals surface area contributed by atoms with Gasteiger partial charge in [-0.05, 0) is 42.5 Å². The molecule has 0 saturated heterocycles. The quantitative estimate of drug-likeness (QED) is 0.746. The summed E-state index contributed by atoms with van der Waals surface area (Å²) in [5.41, 5.74) is 6.93. The molecule has 0 saturated carbocycles. The lowest BCUT2D eigenvalue weighted by Gasteiger charge is -2.07. The first kappa shape index (κ1) is 14.9. The third-order valence-corrected chi connectivity index (χ3v) is 3.00. The number of benzene rings is 2. The monoisotopic (exact) mass is 300 g/mol. The van der Waals surface area contributed by atoms with Gasteiger partial charge in [0, 0.05) is 11.3 Å². The number of hydrogen-bond acceptors (Lipinski definition) is 3. The molecule has 0 aliphatic rings. The number of phenolic OH excluding ortho intramolecular Hbond substituents is 1. The van der Waals surface area contributed by atoms with Crippen LogP contribution in [0.2, 0.25) is 5.02 Å². The predicted molar refractivity (Wildman–Crippen MR) is 83.4 cm³/mol. The summed E-state index contributed by atoms with van der Waals surface area (Å²) in [7, 11) is 0. The number of carbonyl (C=O) groups is 1. The topological polar surface area (TPSA) is 75.3 Å². The van der Waals surface area contributed by atoms with Crippen LogP contribution >= 0.6 is 11.6 Å². The van der Waals surface area contributed by atoms with Crippen LogP contribution in [0.25, 0.3) is 0 Å². The molecule has 21 heavy (non-hydrogen) atoms. The van der Waals surface area contributed by atoms with Crippen molar-refractivity contribution < 1.29 is 9.90 Å². The van der Waals surface area contributed by atoms with Gasteiger partial charge in [-0.1, -0.05) is 23.4 Å². The molecule has 0 atom stereocenters. The van der Waals surface area contributed by atoms with Crippen molar-refractivity contribution in [2.45, 2.75) is 0 Å². The molecule has 0 aromatic heterocycles. The molecule has 2 rings (SSSR count). The first-order chi connectivity index (χ1) is 10.1. The van der Waals surface area contributed by atoms with Crippen molar-refractivity contribution in [2.75, 3.05) is 11.9 Å². The summed E-state index contributed by atoms with van der Waals surface area (Å²) >= 11 is 5.94. The Labute approximate surface area is 127 Å². The van der Waals surface area contributed by atoms with Crippen LogP contribution in [0.15, 0.2) is 42.5 Å². The third-order valence-electron chi connectivity index (χ3n) is 2.67. The van der Waals surface area contributed by atoms with Gasteiger partial charge in [-0.25, -0.2) is 0 Å². The molecule has 0 heterocycles. The van der Waals surface area contributed by atoms with E-state index in [1.54, 1.807) is 24.3 Å². The van der Waals surface area contributed by atoms with E-state index in [1.165, 1.54) is 18.2 Å². The van der Waals surface area contributed by atoms with Gasteiger partial charge in [-0.15, -0.1) is 0 Å². The molecular weight excluding hydrogens is 288 g/mol. The molecule has 0 spiro atoms. The van der Waals surface area contributed by atoms with Crippen molar-refractivity contribution in [3.63, 3.8) is 0 Å². The van der Waals surface area contributed by atoms with Crippen LogP contribution in [-0.2, 0) is 0 Å². The highest BCUT2D eigenvalue weighted by Gasteiger charge is 2.11. The molecule has 0 bridgehead atoms. The van der Waals surface area contributed by atoms with Gasteiger partial charge in [0.25, 0.3) is 5.91 Å². The molecule has 4 nitrogen and oxygen atoms in total. The van der Waals surface area contributed by atoms with E-state index in [-0.39, 0.29) is 16.3 Å². The Balaban J connectivity index is 2.14. The standard InChI is InChI=1S/C16H13ClN2O2/c17-15-8-7-13(20)10-14(15)16(21)19-12-5-3-11(4-6-12)2-1-9-18/h3-8,10,20H,9,18H2,(H,19,21). The van der Waals surface area contributed by atoms with E-state index in [0.717, 1.165) is 5.56 Å². The van der Waals surface area contributed by atoms with Gasteiger partial charge in [0.1, 0.15) is 5.75 Å². The molecular formula is C16H13ClN2O2. The van der Waals surface area contributed by atoms with Crippen LogP contribution in [0.3, 0.4) is 0 Å². The summed E-state index contributed by atoms with van der Waals surface area (Å²) in [6, 6.07) is 11.2. The Morgan fingerprint density at radius 2 is 1.95 bits per heavy atom. The van der Waals surface area contributed by atoms with Gasteiger partial charge >= 0.3 is 0 Å². The van der Waals surface area contributed by atoms with E-state index in [1.807, 2.05) is 0 Å². The fourth-order valence-electron chi connectivity index (χ4n) is 1.68. The van der Waals surface area contributed by atoms with E-state index in [9.17, 15) is 9.90 Å². The summed E-state index contributed by atoms with van der Waals surface area (Å²) in [5, 5.41) is 12.4. The number of nitrogens with one attached hydrogen (secondary N) is 1. The average Bonchev–Trinajstić information content (AvgIpc) is 2.49. The number of phenols is 1. The Hall–Kier alpha value is -2.48. The maximum atomic E-state index is 12.1. The molecule has 0 fully saturated rings. The average molecular weight is 301 g/mol. The molecule has 0 aliphatic heterocycles. The smallest absolute Gasteiger partial charge is 0.257 e. The molecule has 2 aromatic carbocycles. The second kappa shape index (κ2) is 6.80. The van der Waals surface area contributed by atoms with Crippen LogP contribution in [0.5, 0.6) is 5.75 Å². The third kappa shape index (κ3) is 3.99. The number of nitrogens with two attached hydrogens (primary N) is 1. The Morgan fingerprint density at radius 1 is 1.24 bits per heavy atom. The molecule has 1 amide bonds. The van der Waals surface area contributed by atoms with Crippen molar-refractivity contribution in [1.29, 1.82) is 0 Å². The van der Waals surface area contributed by atoms with Crippen LogP contribution in [0.4, 0.5) is 5.69 Å². The summed E-state index contributed by atoms with van der Waals surface area (Å²) in [6.07, 6.45) is 0. The number of amides is 1. The molecule has 0 unspecified atom stereocenters. The van der Waals surface area contributed by atoms with E-state index in [0.29, 0.717) is 12.2 Å². The zero-order chi connectivity index (χ0) is 15.2. The summed E-state index contributed by atoms with van der Waals surface area (Å²) < 4.78 is 0. The second-order valence-electron chi connectivity index (χ2n) is 4.20. The molecule has 4 N–H and O–H groups in total. The second-order valence-corrected chi connectivity index (χ2v) is 4.61. The highest BCUT2D eigenvalue weighted by atomic mass is 35.5. The van der Waals surface area contributed by atoms with Crippen LogP contribution < -0.4 is 11.1 Å². The van der Waals surface area contributed by atoms with Gasteiger partial charge in [-0.2, -0.15) is 0 Å². The summed E-state index contributed by atoms with van der Waals surface area (Å²) in [6.45, 7) is 0.300. The lowest BCUT2D eigenvalue weighted by atomic mass is 10.1. The SMILES string of the molecule is NCC#Cc1ccc(NC(=O)c2cc(O)ccc2Cl)cc1. The predicted octanol–water partition coefficient (Wildman–Crippen LogP) is 2.61. The highest BCUT2D eigenvalue weighted by Crippen LogP contribution is 2.22. The van der Waals surface area contributed by atoms with Gasteiger partial charge in [0.15, 0.2) is 0 Å². The van der Waals surface area contributed by atoms with Crippen molar-refractivity contribution >= 4 is 23.2 Å². The number of halogens is 1. The van der Waals surface area contributed by atoms with Crippen LogP contribution in [0, 0.1) is 11.8 Å². The first-order valence-electron chi connectivity index (χ1n) is 6.19. The Morgan fingerprint density at radius 3 is 2.62 bits per heavy atom. The van der Waals surface area contributed by atoms with Crippen molar-refractivity contribution in [2.24, 2.45) is 5.73 Å². The zero-order valence-corrected chi connectivity index (χ0v) is 11.8. The molecule has 0 radical (unpaired) electrons. The molecule has 0 aliphatic carbocycles. The van der Waals surface area contributed by atoms with Crippen molar-refractivity contribution in [3.05, 3.63) is 58.6 Å². The van der Waals surface area contributed by atoms with Gasteiger partial charge in [0.2, 0.25) is 0 Å². The minimum absolute atomic E-state index is 0.0167. The Bertz CT molecular complexity index is 715. The molecule has 106 valence electrons. The summed E-state index contributed by atoms with van der Waals surface area (Å²) in [4.78, 5) is 12.1. The van der Waals surface area contributed by atoms with E-state index >= 15 is 0 Å². The largest absolute Gasteiger partial charge is 0.508 e.